The van der Waals surface area contributed by atoms with Crippen LogP contribution < -0.4 is 32.2 Å². The third kappa shape index (κ3) is 6.30. The van der Waals surface area contributed by atoms with Gasteiger partial charge in [-0.1, -0.05) is 13.3 Å². The fourth-order valence-electron chi connectivity index (χ4n) is 4.58. The first-order chi connectivity index (χ1) is 17.8. The Labute approximate surface area is 219 Å². The summed E-state index contributed by atoms with van der Waals surface area (Å²) in [5.74, 6) is 0.445. The number of nitrogens with one attached hydrogen (secondary N) is 1. The maximum Gasteiger partial charge on any atom is 0.260 e. The monoisotopic (exact) mass is 526 g/mol. The highest BCUT2D eigenvalue weighted by Gasteiger charge is 2.24. The van der Waals surface area contributed by atoms with Crippen LogP contribution in [0.3, 0.4) is 0 Å². The fraction of sp³-hybridized carbons (Fsp3) is 0.423. The largest absolute Gasteiger partial charge is 0.491 e. The number of primary amides is 2. The molecule has 1 aromatic carbocycles. The molecular weight excluding hydrogens is 492 g/mol. The molecule has 198 valence electrons. The van der Waals surface area contributed by atoms with E-state index < -0.39 is 17.9 Å². The van der Waals surface area contributed by atoms with Crippen LogP contribution in [0.1, 0.15) is 51.8 Å². The molecule has 1 saturated heterocycles. The lowest BCUT2D eigenvalue weighted by Crippen LogP contribution is -2.45. The van der Waals surface area contributed by atoms with E-state index in [1.54, 1.807) is 24.3 Å². The Morgan fingerprint density at radius 1 is 1.22 bits per heavy atom. The van der Waals surface area contributed by atoms with E-state index in [1.807, 2.05) is 0 Å². The van der Waals surface area contributed by atoms with Crippen molar-refractivity contribution in [1.82, 2.24) is 10.3 Å². The molecule has 0 bridgehead atoms. The molecule has 0 spiro atoms. The number of thiophene rings is 1. The average molecular weight is 527 g/mol. The lowest BCUT2D eigenvalue weighted by molar-refractivity contribution is 0.0992. The third-order valence-electron chi connectivity index (χ3n) is 6.55. The van der Waals surface area contributed by atoms with Crippen molar-refractivity contribution in [2.45, 2.75) is 44.8 Å². The molecule has 11 heteroatoms. The lowest BCUT2D eigenvalue weighted by Gasteiger charge is -2.34. The van der Waals surface area contributed by atoms with Gasteiger partial charge in [0, 0.05) is 36.6 Å². The van der Waals surface area contributed by atoms with E-state index in [-0.39, 0.29) is 12.6 Å². The summed E-state index contributed by atoms with van der Waals surface area (Å²) in [4.78, 5) is 31.2. The smallest absolute Gasteiger partial charge is 0.260 e. The van der Waals surface area contributed by atoms with Crippen molar-refractivity contribution >= 4 is 44.9 Å². The van der Waals surface area contributed by atoms with Gasteiger partial charge in [-0.2, -0.15) is 0 Å². The van der Waals surface area contributed by atoms with Gasteiger partial charge >= 0.3 is 0 Å². The van der Waals surface area contributed by atoms with Gasteiger partial charge < -0.3 is 37.3 Å². The summed E-state index contributed by atoms with van der Waals surface area (Å²) >= 11 is 1.26. The van der Waals surface area contributed by atoms with Crippen molar-refractivity contribution in [2.24, 2.45) is 11.5 Å². The van der Waals surface area contributed by atoms with Gasteiger partial charge in [0.05, 0.1) is 5.69 Å². The number of hydrogen-bond acceptors (Lipinski definition) is 9. The number of ether oxygens (including phenoxy) is 1. The van der Waals surface area contributed by atoms with Crippen LogP contribution in [0.15, 0.2) is 30.3 Å². The van der Waals surface area contributed by atoms with Gasteiger partial charge in [0.25, 0.3) is 5.91 Å². The predicted octanol–water partition coefficient (Wildman–Crippen LogP) is 2.03. The highest BCUT2D eigenvalue weighted by Crippen LogP contribution is 2.37. The SMILES string of the molecule is CCCc1cc(N2CCC(NCC(O)COc3ccc(C(N)=O)cc3)CC2)nc2sc(C(N)=O)c(N)c12. The number of hydrogen-bond donors (Lipinski definition) is 5. The first-order valence-corrected chi connectivity index (χ1v) is 13.3. The molecule has 0 radical (unpaired) electrons. The maximum atomic E-state index is 11.8. The van der Waals surface area contributed by atoms with E-state index in [4.69, 9.17) is 26.9 Å². The Morgan fingerprint density at radius 2 is 1.92 bits per heavy atom. The van der Waals surface area contributed by atoms with E-state index in [1.165, 1.54) is 11.3 Å². The maximum absolute atomic E-state index is 11.8. The Hall–Kier alpha value is -3.41. The summed E-state index contributed by atoms with van der Waals surface area (Å²) < 4.78 is 5.61. The van der Waals surface area contributed by atoms with Crippen LogP contribution in [0.2, 0.25) is 0 Å². The zero-order valence-corrected chi connectivity index (χ0v) is 21.7. The van der Waals surface area contributed by atoms with Crippen LogP contribution in [-0.2, 0) is 6.42 Å². The molecule has 8 N–H and O–H groups in total. The second-order valence-electron chi connectivity index (χ2n) is 9.30. The summed E-state index contributed by atoms with van der Waals surface area (Å²) in [5, 5.41) is 14.6. The van der Waals surface area contributed by atoms with E-state index in [9.17, 15) is 14.7 Å². The van der Waals surface area contributed by atoms with Gasteiger partial charge in [-0.25, -0.2) is 4.98 Å². The van der Waals surface area contributed by atoms with E-state index >= 15 is 0 Å². The number of rotatable bonds is 11. The van der Waals surface area contributed by atoms with E-state index in [0.717, 1.165) is 60.4 Å². The molecule has 1 unspecified atom stereocenters. The summed E-state index contributed by atoms with van der Waals surface area (Å²) in [6.07, 6.45) is 2.95. The van der Waals surface area contributed by atoms with Crippen molar-refractivity contribution in [3.8, 4) is 5.75 Å². The van der Waals surface area contributed by atoms with Crippen LogP contribution >= 0.6 is 11.3 Å². The molecule has 1 aliphatic rings. The van der Waals surface area contributed by atoms with Crippen LogP contribution in [0.5, 0.6) is 5.75 Å². The first-order valence-electron chi connectivity index (χ1n) is 12.5. The van der Waals surface area contributed by atoms with E-state index in [2.05, 4.69) is 23.2 Å². The number of piperidine rings is 1. The van der Waals surface area contributed by atoms with Gasteiger partial charge in [-0.05, 0) is 55.2 Å². The van der Waals surface area contributed by atoms with Crippen molar-refractivity contribution in [2.75, 3.05) is 36.9 Å². The molecule has 10 nitrogen and oxygen atoms in total. The second-order valence-corrected chi connectivity index (χ2v) is 10.3. The zero-order valence-electron chi connectivity index (χ0n) is 20.9. The van der Waals surface area contributed by atoms with Crippen molar-refractivity contribution in [1.29, 1.82) is 0 Å². The molecule has 2 amide bonds. The number of aryl methyl sites for hydroxylation is 1. The van der Waals surface area contributed by atoms with Crippen molar-refractivity contribution in [3.63, 3.8) is 0 Å². The minimum Gasteiger partial charge on any atom is -0.491 e. The number of nitrogen functional groups attached to an aromatic ring is 1. The Morgan fingerprint density at radius 3 is 2.54 bits per heavy atom. The van der Waals surface area contributed by atoms with Crippen LogP contribution in [0.4, 0.5) is 11.5 Å². The summed E-state index contributed by atoms with van der Waals surface area (Å²) in [6.45, 7) is 4.32. The standard InChI is InChI=1S/C26H34N6O4S/c1-2-3-16-12-20(31-26-21(16)22(27)23(37-26)25(29)35)32-10-8-17(9-11-32)30-13-18(33)14-36-19-6-4-15(5-7-19)24(28)34/h4-7,12,17-18,30,33H,2-3,8-11,13-14,27H2,1H3,(H2,28,34)(H2,29,35). The number of aliphatic hydroxyl groups is 1. The van der Waals surface area contributed by atoms with Gasteiger partial charge in [-0.3, -0.25) is 9.59 Å². The van der Waals surface area contributed by atoms with Gasteiger partial charge in [-0.15, -0.1) is 11.3 Å². The molecule has 2 aromatic heterocycles. The molecule has 4 rings (SSSR count). The lowest BCUT2D eigenvalue weighted by atomic mass is 10.0. The van der Waals surface area contributed by atoms with Crippen molar-refractivity contribution in [3.05, 3.63) is 46.3 Å². The number of carbonyl (C=O) groups excluding carboxylic acids is 2. The van der Waals surface area contributed by atoms with Gasteiger partial charge in [0.15, 0.2) is 0 Å². The normalized spacial score (nSPS) is 15.1. The highest BCUT2D eigenvalue weighted by atomic mass is 32.1. The molecule has 0 saturated carbocycles. The molecule has 1 aliphatic heterocycles. The summed E-state index contributed by atoms with van der Waals surface area (Å²) in [6, 6.07) is 8.87. The minimum atomic E-state index is -0.668. The third-order valence-corrected chi connectivity index (χ3v) is 7.67. The van der Waals surface area contributed by atoms with Gasteiger partial charge in [0.2, 0.25) is 5.91 Å². The number of benzene rings is 1. The number of aliphatic hydroxyl groups excluding tert-OH is 1. The number of nitrogens with zero attached hydrogens (tertiary/aromatic N) is 2. The molecule has 3 aromatic rings. The number of aromatic nitrogens is 1. The van der Waals surface area contributed by atoms with E-state index in [0.29, 0.717) is 28.4 Å². The topological polar surface area (TPSA) is 170 Å². The van der Waals surface area contributed by atoms with Crippen LogP contribution in [0.25, 0.3) is 10.2 Å². The van der Waals surface area contributed by atoms with Crippen LogP contribution in [0, 0.1) is 0 Å². The number of fused-ring (bicyclic) bond motifs is 1. The first kappa shape index (κ1) is 26.6. The van der Waals surface area contributed by atoms with Crippen molar-refractivity contribution < 1.29 is 19.4 Å². The quantitative estimate of drug-likeness (QED) is 0.253. The van der Waals surface area contributed by atoms with Gasteiger partial charge in [0.1, 0.15) is 34.0 Å². The number of anilines is 2. The zero-order chi connectivity index (χ0) is 26.5. The Kier molecular flexibility index (Phi) is 8.47. The molecule has 1 fully saturated rings. The minimum absolute atomic E-state index is 0.142. The average Bonchev–Trinajstić information content (AvgIpc) is 3.23. The molecule has 37 heavy (non-hydrogen) atoms. The number of pyridine rings is 1. The van der Waals surface area contributed by atoms with Crippen LogP contribution in [-0.4, -0.2) is 60.3 Å². The number of nitrogens with two attached hydrogens (primary N) is 3. The fourth-order valence-corrected chi connectivity index (χ4v) is 5.57. The predicted molar refractivity (Wildman–Crippen MR) is 146 cm³/mol. The summed E-state index contributed by atoms with van der Waals surface area (Å²) in [7, 11) is 0. The Balaban J connectivity index is 1.30. The Bertz CT molecular complexity index is 1250. The molecular formula is C26H34N6O4S. The number of carbonyl (C=O) groups is 2. The summed E-state index contributed by atoms with van der Waals surface area (Å²) in [5.41, 5.74) is 18.9. The number of amides is 2. The molecule has 3 heterocycles. The molecule has 0 aliphatic carbocycles. The molecule has 1 atom stereocenters. The highest BCUT2D eigenvalue weighted by molar-refractivity contribution is 7.21. The second kappa shape index (κ2) is 11.8.